The highest BCUT2D eigenvalue weighted by Gasteiger charge is 2.42. The van der Waals surface area contributed by atoms with E-state index in [1.54, 1.807) is 6.92 Å². The number of esters is 1. The van der Waals surface area contributed by atoms with E-state index in [1.807, 2.05) is 30.3 Å². The molecule has 1 amide bonds. The van der Waals surface area contributed by atoms with E-state index in [0.29, 0.717) is 19.4 Å². The number of ether oxygens (including phenoxy) is 2. The lowest BCUT2D eigenvalue weighted by molar-refractivity contribution is -0.154. The summed E-state index contributed by atoms with van der Waals surface area (Å²) in [6.07, 6.45) is 3.52. The van der Waals surface area contributed by atoms with E-state index in [-0.39, 0.29) is 11.9 Å². The molecular formula is C18H25NO4. The maximum atomic E-state index is 12.4. The summed E-state index contributed by atoms with van der Waals surface area (Å²) in [7, 11) is 1.36. The van der Waals surface area contributed by atoms with Crippen molar-refractivity contribution < 1.29 is 19.1 Å². The minimum Gasteiger partial charge on any atom is -0.467 e. The lowest BCUT2D eigenvalue weighted by Crippen LogP contribution is -2.58. The van der Waals surface area contributed by atoms with E-state index >= 15 is 0 Å². The first kappa shape index (κ1) is 17.5. The first-order valence-electron chi connectivity index (χ1n) is 8.13. The second kappa shape index (κ2) is 8.11. The highest BCUT2D eigenvalue weighted by Crippen LogP contribution is 2.29. The van der Waals surface area contributed by atoms with Crippen LogP contribution < -0.4 is 5.32 Å². The van der Waals surface area contributed by atoms with Gasteiger partial charge >= 0.3 is 5.97 Å². The van der Waals surface area contributed by atoms with Crippen molar-refractivity contribution in [1.29, 1.82) is 0 Å². The quantitative estimate of drug-likeness (QED) is 0.819. The second-order valence-corrected chi connectivity index (χ2v) is 6.06. The zero-order chi connectivity index (χ0) is 16.7. The molecule has 0 bridgehead atoms. The molecule has 2 rings (SSSR count). The van der Waals surface area contributed by atoms with E-state index < -0.39 is 11.6 Å². The SMILES string of the molecule is COC(=O)C1(NC(=O)[C@@H](C)OCc2ccccc2)CCCCC1. The second-order valence-electron chi connectivity index (χ2n) is 6.06. The molecule has 126 valence electrons. The fourth-order valence-corrected chi connectivity index (χ4v) is 2.94. The van der Waals surface area contributed by atoms with Crippen molar-refractivity contribution >= 4 is 11.9 Å². The van der Waals surface area contributed by atoms with Gasteiger partial charge in [-0.25, -0.2) is 4.79 Å². The van der Waals surface area contributed by atoms with Crippen molar-refractivity contribution in [2.75, 3.05) is 7.11 Å². The Morgan fingerprint density at radius 2 is 1.83 bits per heavy atom. The fraction of sp³-hybridized carbons (Fsp3) is 0.556. The van der Waals surface area contributed by atoms with E-state index in [4.69, 9.17) is 9.47 Å². The van der Waals surface area contributed by atoms with Gasteiger partial charge in [-0.1, -0.05) is 49.6 Å². The molecule has 1 atom stereocenters. The van der Waals surface area contributed by atoms with Crippen LogP contribution in [0.5, 0.6) is 0 Å². The van der Waals surface area contributed by atoms with Gasteiger partial charge in [-0.15, -0.1) is 0 Å². The molecule has 1 aliphatic carbocycles. The number of carbonyl (C=O) groups excluding carboxylic acids is 2. The summed E-state index contributed by atoms with van der Waals surface area (Å²) in [6.45, 7) is 2.06. The molecular weight excluding hydrogens is 294 g/mol. The first-order valence-corrected chi connectivity index (χ1v) is 8.13. The predicted molar refractivity (Wildman–Crippen MR) is 86.7 cm³/mol. The van der Waals surface area contributed by atoms with Crippen molar-refractivity contribution in [1.82, 2.24) is 5.32 Å². The lowest BCUT2D eigenvalue weighted by Gasteiger charge is -2.35. The molecule has 1 aromatic rings. The molecule has 1 fully saturated rings. The molecule has 1 aromatic carbocycles. The Balaban J connectivity index is 1.93. The van der Waals surface area contributed by atoms with Crippen molar-refractivity contribution in [3.8, 4) is 0 Å². The fourth-order valence-electron chi connectivity index (χ4n) is 2.94. The van der Waals surface area contributed by atoms with Crippen LogP contribution in [-0.4, -0.2) is 30.6 Å². The van der Waals surface area contributed by atoms with Gasteiger partial charge in [-0.3, -0.25) is 4.79 Å². The summed E-state index contributed by atoms with van der Waals surface area (Å²) >= 11 is 0. The number of hydrogen-bond donors (Lipinski definition) is 1. The summed E-state index contributed by atoms with van der Waals surface area (Å²) in [5.41, 5.74) is 0.113. The molecule has 0 saturated heterocycles. The Bertz CT molecular complexity index is 523. The van der Waals surface area contributed by atoms with Crippen LogP contribution in [0.25, 0.3) is 0 Å². The van der Waals surface area contributed by atoms with Crippen molar-refractivity contribution in [2.45, 2.75) is 57.3 Å². The van der Waals surface area contributed by atoms with Gasteiger partial charge in [0.25, 0.3) is 0 Å². The topological polar surface area (TPSA) is 64.6 Å². The summed E-state index contributed by atoms with van der Waals surface area (Å²) in [5.74, 6) is -0.631. The van der Waals surface area contributed by atoms with Crippen LogP contribution in [0.15, 0.2) is 30.3 Å². The predicted octanol–water partition coefficient (Wildman–Crippen LogP) is 2.58. The number of hydrogen-bond acceptors (Lipinski definition) is 4. The number of nitrogens with one attached hydrogen (secondary N) is 1. The standard InChI is InChI=1S/C18H25NO4/c1-14(23-13-15-9-5-3-6-10-15)16(20)19-18(17(21)22-2)11-7-4-8-12-18/h3,5-6,9-10,14H,4,7-8,11-13H2,1-2H3,(H,19,20)/t14-/m1/s1. The highest BCUT2D eigenvalue weighted by molar-refractivity contribution is 5.89. The maximum Gasteiger partial charge on any atom is 0.331 e. The van der Waals surface area contributed by atoms with Crippen molar-refractivity contribution in [3.05, 3.63) is 35.9 Å². The van der Waals surface area contributed by atoms with Gasteiger partial charge in [0.1, 0.15) is 11.6 Å². The average molecular weight is 319 g/mol. The smallest absolute Gasteiger partial charge is 0.331 e. The van der Waals surface area contributed by atoms with Crippen LogP contribution in [0.4, 0.5) is 0 Å². The van der Waals surface area contributed by atoms with E-state index in [0.717, 1.165) is 24.8 Å². The van der Waals surface area contributed by atoms with Gasteiger partial charge in [0.2, 0.25) is 5.91 Å². The molecule has 23 heavy (non-hydrogen) atoms. The Labute approximate surface area is 137 Å². The lowest BCUT2D eigenvalue weighted by atomic mass is 9.81. The van der Waals surface area contributed by atoms with Gasteiger partial charge in [-0.2, -0.15) is 0 Å². The highest BCUT2D eigenvalue weighted by atomic mass is 16.5. The number of amides is 1. The molecule has 0 spiro atoms. The minimum absolute atomic E-state index is 0.270. The zero-order valence-corrected chi connectivity index (χ0v) is 13.8. The Morgan fingerprint density at radius 3 is 2.43 bits per heavy atom. The van der Waals surface area contributed by atoms with Crippen LogP contribution in [0.1, 0.15) is 44.6 Å². The molecule has 1 aliphatic rings. The molecule has 5 nitrogen and oxygen atoms in total. The number of methoxy groups -OCH3 is 1. The van der Waals surface area contributed by atoms with Crippen LogP contribution in [-0.2, 0) is 25.7 Å². The summed E-state index contributed by atoms with van der Waals surface area (Å²) < 4.78 is 10.5. The molecule has 0 aromatic heterocycles. The average Bonchev–Trinajstić information content (AvgIpc) is 2.60. The molecule has 0 unspecified atom stereocenters. The van der Waals surface area contributed by atoms with Crippen LogP contribution in [0.2, 0.25) is 0 Å². The Kier molecular flexibility index (Phi) is 6.16. The third kappa shape index (κ3) is 4.55. The van der Waals surface area contributed by atoms with Gasteiger partial charge < -0.3 is 14.8 Å². The van der Waals surface area contributed by atoms with E-state index in [1.165, 1.54) is 7.11 Å². The third-order valence-electron chi connectivity index (χ3n) is 4.36. The summed E-state index contributed by atoms with van der Waals surface area (Å²) in [6, 6.07) is 9.68. The summed E-state index contributed by atoms with van der Waals surface area (Å²) in [4.78, 5) is 24.6. The number of benzene rings is 1. The minimum atomic E-state index is -0.894. The van der Waals surface area contributed by atoms with Crippen LogP contribution in [0.3, 0.4) is 0 Å². The largest absolute Gasteiger partial charge is 0.467 e. The molecule has 0 radical (unpaired) electrons. The number of carbonyl (C=O) groups is 2. The molecule has 0 aliphatic heterocycles. The van der Waals surface area contributed by atoms with E-state index in [9.17, 15) is 9.59 Å². The maximum absolute atomic E-state index is 12.4. The number of rotatable bonds is 6. The molecule has 1 saturated carbocycles. The van der Waals surface area contributed by atoms with Gasteiger partial charge in [0.15, 0.2) is 0 Å². The Hall–Kier alpha value is -1.88. The van der Waals surface area contributed by atoms with Crippen LogP contribution >= 0.6 is 0 Å². The molecule has 1 N–H and O–H groups in total. The third-order valence-corrected chi connectivity index (χ3v) is 4.36. The van der Waals surface area contributed by atoms with Gasteiger partial charge in [0.05, 0.1) is 13.7 Å². The van der Waals surface area contributed by atoms with Crippen molar-refractivity contribution in [2.24, 2.45) is 0 Å². The monoisotopic (exact) mass is 319 g/mol. The van der Waals surface area contributed by atoms with Crippen molar-refractivity contribution in [3.63, 3.8) is 0 Å². The Morgan fingerprint density at radius 1 is 1.17 bits per heavy atom. The van der Waals surface area contributed by atoms with Gasteiger partial charge in [-0.05, 0) is 25.3 Å². The van der Waals surface area contributed by atoms with Crippen LogP contribution in [0, 0.1) is 0 Å². The zero-order valence-electron chi connectivity index (χ0n) is 13.8. The normalized spacial score (nSPS) is 18.0. The summed E-state index contributed by atoms with van der Waals surface area (Å²) in [5, 5.41) is 2.88. The molecule has 5 heteroatoms. The molecule has 0 heterocycles. The van der Waals surface area contributed by atoms with Gasteiger partial charge in [0, 0.05) is 0 Å². The first-order chi connectivity index (χ1) is 11.1. The van der Waals surface area contributed by atoms with E-state index in [2.05, 4.69) is 5.32 Å².